The first-order valence-corrected chi connectivity index (χ1v) is 11.2. The van der Waals surface area contributed by atoms with Crippen LogP contribution in [0.4, 0.5) is 0 Å². The van der Waals surface area contributed by atoms with Gasteiger partial charge >= 0.3 is 0 Å². The highest BCUT2D eigenvalue weighted by Crippen LogP contribution is 2.35. The predicted molar refractivity (Wildman–Crippen MR) is 123 cm³/mol. The van der Waals surface area contributed by atoms with E-state index in [0.717, 1.165) is 40.3 Å². The van der Waals surface area contributed by atoms with Gasteiger partial charge in [0.05, 0.1) is 17.8 Å². The van der Waals surface area contributed by atoms with Crippen LogP contribution in [0.3, 0.4) is 0 Å². The summed E-state index contributed by atoms with van der Waals surface area (Å²) in [6.07, 6.45) is 2.01. The molecule has 2 aliphatic rings. The monoisotopic (exact) mass is 413 g/mol. The van der Waals surface area contributed by atoms with Crippen LogP contribution in [0.15, 0.2) is 88.2 Å². The van der Waals surface area contributed by atoms with Crippen molar-refractivity contribution in [3.8, 4) is 0 Å². The van der Waals surface area contributed by atoms with E-state index in [-0.39, 0.29) is 5.91 Å². The summed E-state index contributed by atoms with van der Waals surface area (Å²) in [6, 6.07) is 24.6. The van der Waals surface area contributed by atoms with E-state index in [1.807, 2.05) is 58.8 Å². The van der Waals surface area contributed by atoms with Crippen LogP contribution >= 0.6 is 11.3 Å². The number of benzene rings is 2. The maximum atomic E-state index is 12.7. The van der Waals surface area contributed by atoms with Crippen molar-refractivity contribution < 1.29 is 4.79 Å². The minimum absolute atomic E-state index is 0.199. The number of nitrogens with zero attached hydrogens (tertiary/aromatic N) is 3. The molecule has 1 saturated heterocycles. The van der Waals surface area contributed by atoms with Crippen molar-refractivity contribution >= 4 is 28.7 Å². The van der Waals surface area contributed by atoms with Crippen LogP contribution in [-0.4, -0.2) is 41.0 Å². The van der Waals surface area contributed by atoms with Gasteiger partial charge in [-0.25, -0.2) is 0 Å². The second kappa shape index (κ2) is 8.00. The molecule has 0 aliphatic carbocycles. The Morgan fingerprint density at radius 2 is 1.40 bits per heavy atom. The zero-order valence-corrected chi connectivity index (χ0v) is 17.5. The number of piperidine rings is 1. The summed E-state index contributed by atoms with van der Waals surface area (Å²) in [5, 5.41) is 2.02. The van der Waals surface area contributed by atoms with E-state index in [4.69, 9.17) is 9.98 Å². The van der Waals surface area contributed by atoms with Gasteiger partial charge in [-0.05, 0) is 11.4 Å². The number of aliphatic imine (C=N–C) groups is 2. The maximum absolute atomic E-state index is 12.7. The molecular formula is C25H23N3OS. The average molecular weight is 414 g/mol. The largest absolute Gasteiger partial charge is 0.342 e. The third-order valence-corrected chi connectivity index (χ3v) is 6.66. The van der Waals surface area contributed by atoms with E-state index in [1.165, 1.54) is 0 Å². The zero-order chi connectivity index (χ0) is 20.4. The molecule has 1 fully saturated rings. The molecule has 0 radical (unpaired) electrons. The molecule has 0 bridgehead atoms. The second-order valence-corrected chi connectivity index (χ2v) is 8.80. The van der Waals surface area contributed by atoms with Gasteiger partial charge in [0, 0.05) is 41.9 Å². The van der Waals surface area contributed by atoms with Gasteiger partial charge in [-0.3, -0.25) is 14.8 Å². The lowest BCUT2D eigenvalue weighted by Gasteiger charge is -2.35. The van der Waals surface area contributed by atoms with Gasteiger partial charge < -0.3 is 4.90 Å². The Balaban J connectivity index is 1.39. The van der Waals surface area contributed by atoms with E-state index in [1.54, 1.807) is 11.3 Å². The highest BCUT2D eigenvalue weighted by molar-refractivity contribution is 7.10. The number of likely N-dealkylation sites (tertiary alicyclic amines) is 1. The summed E-state index contributed by atoms with van der Waals surface area (Å²) < 4.78 is 0. The molecule has 150 valence electrons. The Hall–Kier alpha value is -3.05. The topological polar surface area (TPSA) is 45.0 Å². The first-order chi connectivity index (χ1) is 14.7. The predicted octanol–water partition coefficient (Wildman–Crippen LogP) is 4.60. The lowest BCUT2D eigenvalue weighted by molar-refractivity contribution is -0.131. The molecule has 1 aromatic heterocycles. The molecule has 0 atom stereocenters. The molecule has 3 heterocycles. The van der Waals surface area contributed by atoms with Crippen LogP contribution in [0, 0.1) is 0 Å². The molecule has 3 aromatic rings. The molecule has 2 aromatic carbocycles. The van der Waals surface area contributed by atoms with Crippen molar-refractivity contribution in [2.75, 3.05) is 13.1 Å². The minimum Gasteiger partial charge on any atom is -0.342 e. The summed E-state index contributed by atoms with van der Waals surface area (Å²) in [5.74, 6) is 0.199. The first kappa shape index (κ1) is 18.9. The Morgan fingerprint density at radius 3 is 1.90 bits per heavy atom. The fourth-order valence-electron chi connectivity index (χ4n) is 4.15. The molecule has 0 unspecified atom stereocenters. The van der Waals surface area contributed by atoms with Crippen LogP contribution in [0.5, 0.6) is 0 Å². The summed E-state index contributed by atoms with van der Waals surface area (Å²) >= 11 is 1.64. The van der Waals surface area contributed by atoms with Crippen molar-refractivity contribution in [2.45, 2.75) is 24.9 Å². The normalized spacial score (nSPS) is 17.7. The molecule has 1 spiro atoms. The molecule has 4 nitrogen and oxygen atoms in total. The van der Waals surface area contributed by atoms with Crippen LogP contribution in [0.2, 0.25) is 0 Å². The highest BCUT2D eigenvalue weighted by atomic mass is 32.1. The highest BCUT2D eigenvalue weighted by Gasteiger charge is 2.40. The summed E-state index contributed by atoms with van der Waals surface area (Å²) in [7, 11) is 0. The number of amides is 1. The zero-order valence-electron chi connectivity index (χ0n) is 16.7. The van der Waals surface area contributed by atoms with Crippen LogP contribution in [0.1, 0.15) is 28.8 Å². The van der Waals surface area contributed by atoms with Crippen LogP contribution in [0.25, 0.3) is 0 Å². The van der Waals surface area contributed by atoms with Crippen molar-refractivity contribution in [2.24, 2.45) is 9.98 Å². The lowest BCUT2D eigenvalue weighted by Crippen LogP contribution is -2.45. The number of carbonyl (C=O) groups excluding carboxylic acids is 1. The smallest absolute Gasteiger partial charge is 0.227 e. The van der Waals surface area contributed by atoms with Gasteiger partial charge in [-0.15, -0.1) is 11.3 Å². The van der Waals surface area contributed by atoms with Gasteiger partial charge in [-0.1, -0.05) is 66.7 Å². The molecule has 5 rings (SSSR count). The van der Waals surface area contributed by atoms with Crippen molar-refractivity contribution in [3.05, 3.63) is 94.2 Å². The summed E-state index contributed by atoms with van der Waals surface area (Å²) in [5.41, 5.74) is 3.64. The lowest BCUT2D eigenvalue weighted by atomic mass is 9.98. The third kappa shape index (κ3) is 3.73. The summed E-state index contributed by atoms with van der Waals surface area (Å²) in [4.78, 5) is 26.1. The minimum atomic E-state index is -0.462. The number of rotatable bonds is 4. The Labute approximate surface area is 180 Å². The molecule has 0 saturated carbocycles. The Morgan fingerprint density at radius 1 is 0.833 bits per heavy atom. The quantitative estimate of drug-likeness (QED) is 0.616. The van der Waals surface area contributed by atoms with Gasteiger partial charge in [0.25, 0.3) is 0 Å². The molecule has 5 heteroatoms. The SMILES string of the molecule is O=C(Cc1cccs1)N1CCC2(CC1)N=C(c1ccccc1)C(c1ccccc1)=N2. The van der Waals surface area contributed by atoms with Crippen molar-refractivity contribution in [3.63, 3.8) is 0 Å². The number of hydrogen-bond donors (Lipinski definition) is 0. The number of hydrogen-bond acceptors (Lipinski definition) is 4. The van der Waals surface area contributed by atoms with E-state index >= 15 is 0 Å². The van der Waals surface area contributed by atoms with Gasteiger partial charge in [0.2, 0.25) is 5.91 Å². The fourth-order valence-corrected chi connectivity index (χ4v) is 4.85. The molecule has 2 aliphatic heterocycles. The molecule has 1 amide bonds. The van der Waals surface area contributed by atoms with E-state index in [9.17, 15) is 4.79 Å². The van der Waals surface area contributed by atoms with Gasteiger partial charge in [0.1, 0.15) is 0 Å². The molecule has 0 N–H and O–H groups in total. The number of carbonyl (C=O) groups is 1. The maximum Gasteiger partial charge on any atom is 0.227 e. The second-order valence-electron chi connectivity index (χ2n) is 7.77. The molecule has 30 heavy (non-hydrogen) atoms. The Bertz CT molecular complexity index is 1020. The fraction of sp³-hybridized carbons (Fsp3) is 0.240. The van der Waals surface area contributed by atoms with Crippen molar-refractivity contribution in [1.29, 1.82) is 0 Å². The first-order valence-electron chi connectivity index (χ1n) is 10.3. The van der Waals surface area contributed by atoms with E-state index in [2.05, 4.69) is 24.3 Å². The van der Waals surface area contributed by atoms with Crippen molar-refractivity contribution in [1.82, 2.24) is 4.90 Å². The van der Waals surface area contributed by atoms with Gasteiger partial charge in [0.15, 0.2) is 5.66 Å². The standard InChI is InChI=1S/C25H23N3OS/c29-22(18-21-12-7-17-30-21)28-15-13-25(14-16-28)26-23(19-8-3-1-4-9-19)24(27-25)20-10-5-2-6-11-20/h1-12,17H,13-16,18H2. The third-order valence-electron chi connectivity index (χ3n) is 5.78. The average Bonchev–Trinajstić information content (AvgIpc) is 3.44. The van der Waals surface area contributed by atoms with E-state index < -0.39 is 5.66 Å². The van der Waals surface area contributed by atoms with Crippen LogP contribution < -0.4 is 0 Å². The van der Waals surface area contributed by atoms with E-state index in [0.29, 0.717) is 19.5 Å². The molecular weight excluding hydrogens is 390 g/mol. The van der Waals surface area contributed by atoms with Gasteiger partial charge in [-0.2, -0.15) is 0 Å². The number of thiophene rings is 1. The summed E-state index contributed by atoms with van der Waals surface area (Å²) in [6.45, 7) is 1.39. The van der Waals surface area contributed by atoms with Crippen LogP contribution in [-0.2, 0) is 11.2 Å². The Kier molecular flexibility index (Phi) is 5.05.